The Bertz CT molecular complexity index is 502. The van der Waals surface area contributed by atoms with E-state index in [0.29, 0.717) is 17.8 Å². The van der Waals surface area contributed by atoms with Gasteiger partial charge < -0.3 is 14.7 Å². The van der Waals surface area contributed by atoms with Gasteiger partial charge in [0.25, 0.3) is 0 Å². The first-order chi connectivity index (χ1) is 10.0. The highest BCUT2D eigenvalue weighted by molar-refractivity contribution is 5.34. The highest BCUT2D eigenvalue weighted by Gasteiger charge is 2.51. The van der Waals surface area contributed by atoms with Gasteiger partial charge in [0.1, 0.15) is 5.75 Å². The largest absolute Gasteiger partial charge is 0.497 e. The van der Waals surface area contributed by atoms with E-state index < -0.39 is 5.60 Å². The van der Waals surface area contributed by atoms with E-state index in [1.54, 1.807) is 7.11 Å². The van der Waals surface area contributed by atoms with Crippen LogP contribution in [0.5, 0.6) is 5.75 Å². The van der Waals surface area contributed by atoms with Crippen molar-refractivity contribution in [3.63, 3.8) is 0 Å². The van der Waals surface area contributed by atoms with Gasteiger partial charge in [-0.2, -0.15) is 0 Å². The van der Waals surface area contributed by atoms with Crippen molar-refractivity contribution in [3.8, 4) is 5.75 Å². The zero-order valence-corrected chi connectivity index (χ0v) is 13.4. The van der Waals surface area contributed by atoms with Crippen LogP contribution in [-0.2, 0) is 5.60 Å². The molecule has 1 aromatic rings. The Morgan fingerprint density at radius 1 is 1.33 bits per heavy atom. The summed E-state index contributed by atoms with van der Waals surface area (Å²) in [6, 6.07) is 8.03. The summed E-state index contributed by atoms with van der Waals surface area (Å²) in [4.78, 5) is 2.22. The molecule has 2 aliphatic rings. The van der Waals surface area contributed by atoms with Crippen molar-refractivity contribution < 1.29 is 9.84 Å². The molecule has 0 aromatic heterocycles. The van der Waals surface area contributed by atoms with Crippen LogP contribution in [0.3, 0.4) is 0 Å². The highest BCUT2D eigenvalue weighted by Crippen LogP contribution is 2.54. The highest BCUT2D eigenvalue weighted by atomic mass is 16.5. The maximum Gasteiger partial charge on any atom is 0.119 e. The van der Waals surface area contributed by atoms with Gasteiger partial charge in [-0.3, -0.25) is 0 Å². The molecular weight excluding hydrogens is 262 g/mol. The summed E-state index contributed by atoms with van der Waals surface area (Å²) < 4.78 is 5.35. The van der Waals surface area contributed by atoms with Crippen LogP contribution in [0.15, 0.2) is 24.3 Å². The number of ether oxygens (including phenoxy) is 1. The Labute approximate surface area is 127 Å². The molecule has 0 amide bonds. The Balaban J connectivity index is 1.98. The molecule has 1 aromatic carbocycles. The summed E-state index contributed by atoms with van der Waals surface area (Å²) in [5.74, 6) is 2.49. The molecule has 0 saturated heterocycles. The predicted molar refractivity (Wildman–Crippen MR) is 84.4 cm³/mol. The normalized spacial score (nSPS) is 35.2. The van der Waals surface area contributed by atoms with Gasteiger partial charge in [-0.15, -0.1) is 0 Å². The summed E-state index contributed by atoms with van der Waals surface area (Å²) in [6.07, 6.45) is 4.75. The second-order valence-corrected chi connectivity index (χ2v) is 7.17. The van der Waals surface area contributed by atoms with Crippen LogP contribution in [0.25, 0.3) is 0 Å². The molecule has 0 aliphatic heterocycles. The fraction of sp³-hybridized carbons (Fsp3) is 0.667. The first-order valence-electron chi connectivity index (χ1n) is 8.04. The Kier molecular flexibility index (Phi) is 3.98. The fourth-order valence-electron chi connectivity index (χ4n) is 4.56. The molecular formula is C18H27NO2. The van der Waals surface area contributed by atoms with Crippen LogP contribution in [0.4, 0.5) is 0 Å². The van der Waals surface area contributed by atoms with E-state index in [9.17, 15) is 5.11 Å². The molecule has 1 N–H and O–H groups in total. The molecule has 2 bridgehead atoms. The second kappa shape index (κ2) is 5.62. The number of nitrogens with zero attached hydrogens (tertiary/aromatic N) is 1. The van der Waals surface area contributed by atoms with Crippen molar-refractivity contribution in [2.75, 3.05) is 27.7 Å². The number of aliphatic hydroxyl groups is 1. The second-order valence-electron chi connectivity index (χ2n) is 7.17. The lowest BCUT2D eigenvalue weighted by Crippen LogP contribution is -2.47. The average Bonchev–Trinajstić information content (AvgIpc) is 2.87. The number of hydrogen-bond acceptors (Lipinski definition) is 3. The van der Waals surface area contributed by atoms with E-state index in [1.165, 1.54) is 19.3 Å². The molecule has 21 heavy (non-hydrogen) atoms. The third-order valence-corrected chi connectivity index (χ3v) is 5.50. The van der Waals surface area contributed by atoms with Crippen LogP contribution in [-0.4, -0.2) is 37.8 Å². The molecule has 3 heteroatoms. The quantitative estimate of drug-likeness (QED) is 0.925. The molecule has 2 saturated carbocycles. The fourth-order valence-corrected chi connectivity index (χ4v) is 4.56. The molecule has 0 heterocycles. The third kappa shape index (κ3) is 2.69. The van der Waals surface area contributed by atoms with Gasteiger partial charge in [0.2, 0.25) is 0 Å². The first-order valence-corrected chi connectivity index (χ1v) is 8.04. The minimum absolute atomic E-state index is 0.318. The summed E-state index contributed by atoms with van der Waals surface area (Å²) in [6.45, 7) is 0.950. The number of hydrogen-bond donors (Lipinski definition) is 1. The zero-order chi connectivity index (χ0) is 15.0. The number of fused-ring (bicyclic) bond motifs is 2. The van der Waals surface area contributed by atoms with Crippen LogP contribution >= 0.6 is 0 Å². The van der Waals surface area contributed by atoms with Crippen LogP contribution < -0.4 is 4.74 Å². The summed E-state index contributed by atoms with van der Waals surface area (Å²) in [7, 11) is 5.89. The number of benzene rings is 1. The van der Waals surface area contributed by atoms with Crippen molar-refractivity contribution in [2.45, 2.75) is 31.3 Å². The lowest BCUT2D eigenvalue weighted by atomic mass is 9.66. The topological polar surface area (TPSA) is 32.7 Å². The number of methoxy groups -OCH3 is 1. The van der Waals surface area contributed by atoms with Crippen molar-refractivity contribution in [3.05, 3.63) is 29.8 Å². The van der Waals surface area contributed by atoms with E-state index in [-0.39, 0.29) is 0 Å². The zero-order valence-electron chi connectivity index (χ0n) is 13.4. The van der Waals surface area contributed by atoms with E-state index in [2.05, 4.69) is 25.1 Å². The molecule has 4 atom stereocenters. The molecule has 0 radical (unpaired) electrons. The third-order valence-electron chi connectivity index (χ3n) is 5.50. The van der Waals surface area contributed by atoms with Gasteiger partial charge >= 0.3 is 0 Å². The predicted octanol–water partition coefficient (Wildman–Crippen LogP) is 2.88. The molecule has 0 spiro atoms. The molecule has 3 rings (SSSR count). The lowest BCUT2D eigenvalue weighted by Gasteiger charge is -2.45. The van der Waals surface area contributed by atoms with Crippen molar-refractivity contribution in [1.29, 1.82) is 0 Å². The smallest absolute Gasteiger partial charge is 0.119 e. The Morgan fingerprint density at radius 3 is 2.86 bits per heavy atom. The number of rotatable bonds is 4. The monoisotopic (exact) mass is 289 g/mol. The van der Waals surface area contributed by atoms with E-state index >= 15 is 0 Å². The van der Waals surface area contributed by atoms with Crippen LogP contribution in [0, 0.1) is 17.8 Å². The van der Waals surface area contributed by atoms with E-state index in [4.69, 9.17) is 4.74 Å². The van der Waals surface area contributed by atoms with Crippen molar-refractivity contribution in [1.82, 2.24) is 4.90 Å². The molecule has 116 valence electrons. The minimum atomic E-state index is -0.705. The van der Waals surface area contributed by atoms with Gasteiger partial charge in [0.15, 0.2) is 0 Å². The minimum Gasteiger partial charge on any atom is -0.497 e. The van der Waals surface area contributed by atoms with Gasteiger partial charge in [-0.25, -0.2) is 0 Å². The summed E-state index contributed by atoms with van der Waals surface area (Å²) in [5, 5.41) is 11.6. The van der Waals surface area contributed by atoms with E-state index in [0.717, 1.165) is 24.3 Å². The molecule has 2 aliphatic carbocycles. The molecule has 2 fully saturated rings. The average molecular weight is 289 g/mol. The van der Waals surface area contributed by atoms with Gasteiger partial charge in [-0.05, 0) is 62.9 Å². The van der Waals surface area contributed by atoms with Crippen molar-refractivity contribution >= 4 is 0 Å². The molecule has 1 unspecified atom stereocenters. The summed E-state index contributed by atoms with van der Waals surface area (Å²) >= 11 is 0. The maximum absolute atomic E-state index is 11.6. The van der Waals surface area contributed by atoms with Crippen molar-refractivity contribution in [2.24, 2.45) is 17.8 Å². The lowest BCUT2D eigenvalue weighted by molar-refractivity contribution is -0.0892. The van der Waals surface area contributed by atoms with Crippen LogP contribution in [0.2, 0.25) is 0 Å². The van der Waals surface area contributed by atoms with E-state index in [1.807, 2.05) is 18.2 Å². The van der Waals surface area contributed by atoms with Crippen LogP contribution in [0.1, 0.15) is 31.2 Å². The Hall–Kier alpha value is -1.06. The van der Waals surface area contributed by atoms with Gasteiger partial charge in [0, 0.05) is 12.5 Å². The first kappa shape index (κ1) is 14.9. The van der Waals surface area contributed by atoms with Gasteiger partial charge in [0.05, 0.1) is 12.7 Å². The maximum atomic E-state index is 11.6. The standard InChI is InChI=1S/C18H27NO2/c1-19(2)12-17-14-8-7-13(9-14)11-18(17,20)15-5-4-6-16(10-15)21-3/h4-6,10,13-14,17,20H,7-9,11-12H2,1-3H3/t13-,14+,17+,18?/m1/s1. The Morgan fingerprint density at radius 2 is 2.14 bits per heavy atom. The SMILES string of the molecule is COc1cccc(C2(O)C[C@@H]3CC[C@@H](C3)[C@@H]2CN(C)C)c1. The summed E-state index contributed by atoms with van der Waals surface area (Å²) in [5.41, 5.74) is 0.327. The molecule has 3 nitrogen and oxygen atoms in total. The van der Waals surface area contributed by atoms with Gasteiger partial charge in [-0.1, -0.05) is 18.6 Å².